The molecule has 3 N–H and O–H groups in total. The van der Waals surface area contributed by atoms with Gasteiger partial charge in [0.2, 0.25) is 11.8 Å². The predicted molar refractivity (Wildman–Crippen MR) is 158 cm³/mol. The molecular weight excluding hydrogens is 476 g/mol. The summed E-state index contributed by atoms with van der Waals surface area (Å²) in [4.78, 5) is 22.9. The van der Waals surface area contributed by atoms with Crippen LogP contribution < -0.4 is 10.6 Å². The van der Waals surface area contributed by atoms with Gasteiger partial charge >= 0.3 is 0 Å². The van der Waals surface area contributed by atoms with Crippen molar-refractivity contribution in [3.63, 3.8) is 0 Å². The predicted octanol–water partition coefficient (Wildman–Crippen LogP) is 5.46. The molecule has 0 aromatic rings. The van der Waals surface area contributed by atoms with Gasteiger partial charge < -0.3 is 25.2 Å². The zero-order valence-electron chi connectivity index (χ0n) is 25.7. The van der Waals surface area contributed by atoms with Gasteiger partial charge in [0.25, 0.3) is 0 Å². The number of nitrogens with one attached hydrogen (secondary N) is 2. The van der Waals surface area contributed by atoms with Crippen LogP contribution in [-0.4, -0.2) is 62.0 Å². The molecular formula is C28H62N2O5S. The third-order valence-electron chi connectivity index (χ3n) is 4.67. The van der Waals surface area contributed by atoms with Gasteiger partial charge in [-0.3, -0.25) is 9.59 Å². The summed E-state index contributed by atoms with van der Waals surface area (Å²) in [5.74, 6) is 0.758. The van der Waals surface area contributed by atoms with E-state index in [2.05, 4.69) is 45.3 Å². The SMILES string of the molecule is CC.CC(C)CCOC(C)(C)COCCNC(=O)C(C)(C)CC(C)(C)C.CCCC(=O)NCCO.S. The standard InChI is InChI=1S/C20H41NO3.C6H13NO2.C2H6.H2S/c1-16(2)10-12-24-20(8,9)15-23-13-11-21-17(22)19(6,7)14-18(3,4)5;1-2-3-6(9)7-4-5-8;1-2;/h16H,10-15H2,1-9H3,(H,21,22);8H,2-5H2,1H3,(H,7,9);1-2H3;1H2. The van der Waals surface area contributed by atoms with E-state index in [1.807, 2.05) is 48.5 Å². The molecule has 36 heavy (non-hydrogen) atoms. The third kappa shape index (κ3) is 29.4. The van der Waals surface area contributed by atoms with E-state index in [4.69, 9.17) is 14.6 Å². The lowest BCUT2D eigenvalue weighted by atomic mass is 9.76. The van der Waals surface area contributed by atoms with Crippen molar-refractivity contribution in [3.8, 4) is 0 Å². The van der Waals surface area contributed by atoms with Crippen molar-refractivity contribution in [3.05, 3.63) is 0 Å². The van der Waals surface area contributed by atoms with Crippen molar-refractivity contribution >= 4 is 25.3 Å². The Morgan fingerprint density at radius 2 is 1.47 bits per heavy atom. The minimum Gasteiger partial charge on any atom is -0.395 e. The molecule has 0 atom stereocenters. The highest BCUT2D eigenvalue weighted by Crippen LogP contribution is 2.33. The summed E-state index contributed by atoms with van der Waals surface area (Å²) in [6.07, 6.45) is 3.32. The van der Waals surface area contributed by atoms with Crippen LogP contribution in [0, 0.1) is 16.7 Å². The quantitative estimate of drug-likeness (QED) is 0.241. The van der Waals surface area contributed by atoms with Crippen molar-refractivity contribution in [2.75, 3.05) is 39.5 Å². The van der Waals surface area contributed by atoms with Crippen molar-refractivity contribution in [2.24, 2.45) is 16.7 Å². The molecule has 2 amide bonds. The molecule has 0 aromatic carbocycles. The molecule has 0 saturated heterocycles. The lowest BCUT2D eigenvalue weighted by Crippen LogP contribution is -2.41. The van der Waals surface area contributed by atoms with Crippen LogP contribution >= 0.6 is 13.5 Å². The highest BCUT2D eigenvalue weighted by molar-refractivity contribution is 7.59. The Morgan fingerprint density at radius 1 is 0.917 bits per heavy atom. The van der Waals surface area contributed by atoms with Gasteiger partial charge in [0.1, 0.15) is 0 Å². The molecule has 0 fully saturated rings. The molecule has 8 heteroatoms. The Morgan fingerprint density at radius 3 is 1.92 bits per heavy atom. The Hall–Kier alpha value is -0.830. The summed E-state index contributed by atoms with van der Waals surface area (Å²) in [7, 11) is 0. The first-order valence-corrected chi connectivity index (χ1v) is 13.4. The second-order valence-corrected chi connectivity index (χ2v) is 11.5. The number of hydrogen-bond acceptors (Lipinski definition) is 5. The molecule has 0 saturated carbocycles. The smallest absolute Gasteiger partial charge is 0.225 e. The minimum absolute atomic E-state index is 0. The summed E-state index contributed by atoms with van der Waals surface area (Å²) >= 11 is 0. The number of carbonyl (C=O) groups is 2. The first-order valence-electron chi connectivity index (χ1n) is 13.4. The molecule has 0 aromatic heterocycles. The fourth-order valence-corrected chi connectivity index (χ4v) is 3.32. The van der Waals surface area contributed by atoms with Gasteiger partial charge in [0.05, 0.1) is 25.4 Å². The molecule has 0 aliphatic heterocycles. The van der Waals surface area contributed by atoms with E-state index in [0.29, 0.717) is 38.6 Å². The molecule has 0 rings (SSSR count). The summed E-state index contributed by atoms with van der Waals surface area (Å²) in [6.45, 7) is 27.6. The van der Waals surface area contributed by atoms with E-state index < -0.39 is 0 Å². The minimum atomic E-state index is -0.364. The number of amides is 2. The average Bonchev–Trinajstić information content (AvgIpc) is 2.71. The highest BCUT2D eigenvalue weighted by Gasteiger charge is 2.32. The number of rotatable bonds is 15. The van der Waals surface area contributed by atoms with Gasteiger partial charge in [-0.05, 0) is 44.4 Å². The second kappa shape index (κ2) is 23.3. The van der Waals surface area contributed by atoms with Crippen molar-refractivity contribution in [2.45, 2.75) is 114 Å². The van der Waals surface area contributed by atoms with Gasteiger partial charge in [-0.25, -0.2) is 0 Å². The fourth-order valence-electron chi connectivity index (χ4n) is 3.32. The summed E-state index contributed by atoms with van der Waals surface area (Å²) in [6, 6.07) is 0. The molecule has 7 nitrogen and oxygen atoms in total. The molecule has 0 aliphatic rings. The summed E-state index contributed by atoms with van der Waals surface area (Å²) in [5.41, 5.74) is -0.517. The van der Waals surface area contributed by atoms with Crippen LogP contribution in [0.4, 0.5) is 0 Å². The molecule has 0 unspecified atom stereocenters. The van der Waals surface area contributed by atoms with Gasteiger partial charge in [-0.15, -0.1) is 0 Å². The van der Waals surface area contributed by atoms with Gasteiger partial charge in [-0.1, -0.05) is 69.2 Å². The van der Waals surface area contributed by atoms with Gasteiger partial charge in [-0.2, -0.15) is 13.5 Å². The Balaban J connectivity index is -0.000000359. The third-order valence-corrected chi connectivity index (χ3v) is 4.67. The van der Waals surface area contributed by atoms with Crippen LogP contribution in [0.2, 0.25) is 0 Å². The fraction of sp³-hybridized carbons (Fsp3) is 0.929. The van der Waals surface area contributed by atoms with Gasteiger partial charge in [0, 0.05) is 31.5 Å². The number of aliphatic hydroxyl groups excluding tert-OH is 1. The molecule has 0 radical (unpaired) electrons. The summed E-state index contributed by atoms with van der Waals surface area (Å²) in [5, 5.41) is 13.8. The Bertz CT molecular complexity index is 533. The Labute approximate surface area is 230 Å². The number of ether oxygens (including phenoxy) is 2. The van der Waals surface area contributed by atoms with Crippen LogP contribution in [0.25, 0.3) is 0 Å². The van der Waals surface area contributed by atoms with Gasteiger partial charge in [0.15, 0.2) is 0 Å². The first-order chi connectivity index (χ1) is 16.1. The van der Waals surface area contributed by atoms with E-state index >= 15 is 0 Å². The molecule has 220 valence electrons. The summed E-state index contributed by atoms with van der Waals surface area (Å²) < 4.78 is 11.5. The van der Waals surface area contributed by atoms with Crippen molar-refractivity contribution in [1.29, 1.82) is 0 Å². The average molecular weight is 539 g/mol. The maximum absolute atomic E-state index is 12.3. The molecule has 0 spiro atoms. The molecule has 0 heterocycles. The number of aliphatic hydroxyl groups is 1. The maximum atomic E-state index is 12.3. The van der Waals surface area contributed by atoms with Crippen molar-refractivity contribution < 1.29 is 24.2 Å². The maximum Gasteiger partial charge on any atom is 0.225 e. The zero-order valence-corrected chi connectivity index (χ0v) is 26.7. The van der Waals surface area contributed by atoms with Crippen LogP contribution in [0.1, 0.15) is 109 Å². The van der Waals surface area contributed by atoms with Crippen LogP contribution in [0.5, 0.6) is 0 Å². The lowest BCUT2D eigenvalue weighted by Gasteiger charge is -2.31. The van der Waals surface area contributed by atoms with E-state index in [-0.39, 0.29) is 48.3 Å². The van der Waals surface area contributed by atoms with Crippen LogP contribution in [-0.2, 0) is 19.1 Å². The van der Waals surface area contributed by atoms with Crippen molar-refractivity contribution in [1.82, 2.24) is 10.6 Å². The lowest BCUT2D eigenvalue weighted by molar-refractivity contribution is -0.131. The van der Waals surface area contributed by atoms with E-state index in [9.17, 15) is 9.59 Å². The van der Waals surface area contributed by atoms with E-state index in [1.54, 1.807) is 0 Å². The van der Waals surface area contributed by atoms with E-state index in [1.165, 1.54) is 0 Å². The zero-order chi connectivity index (χ0) is 28.1. The number of carbonyl (C=O) groups excluding carboxylic acids is 2. The monoisotopic (exact) mass is 538 g/mol. The van der Waals surface area contributed by atoms with Crippen LogP contribution in [0.15, 0.2) is 0 Å². The topological polar surface area (TPSA) is 96.9 Å². The largest absolute Gasteiger partial charge is 0.395 e. The first kappa shape index (κ1) is 42.3. The Kier molecular flexibility index (Phi) is 27.4. The normalized spacial score (nSPS) is 11.4. The molecule has 0 bridgehead atoms. The van der Waals surface area contributed by atoms with Crippen LogP contribution in [0.3, 0.4) is 0 Å². The molecule has 0 aliphatic carbocycles. The second-order valence-electron chi connectivity index (χ2n) is 11.5. The highest BCUT2D eigenvalue weighted by atomic mass is 32.1. The van der Waals surface area contributed by atoms with E-state index in [0.717, 1.165) is 25.9 Å². The number of hydrogen-bond donors (Lipinski definition) is 3.